The zero-order valence-corrected chi connectivity index (χ0v) is 8.14. The van der Waals surface area contributed by atoms with E-state index in [9.17, 15) is 4.79 Å². The van der Waals surface area contributed by atoms with E-state index < -0.39 is 5.54 Å². The Morgan fingerprint density at radius 3 is 2.42 bits per heavy atom. The van der Waals surface area contributed by atoms with Crippen molar-refractivity contribution in [3.05, 3.63) is 0 Å². The van der Waals surface area contributed by atoms with E-state index in [-0.39, 0.29) is 11.8 Å². The highest BCUT2D eigenvalue weighted by molar-refractivity contribution is 5.79. The third-order valence-corrected chi connectivity index (χ3v) is 1.88. The Balaban J connectivity index is 4.25. The molecule has 3 nitrogen and oxygen atoms in total. The molecule has 0 aliphatic heterocycles. The maximum atomic E-state index is 11.2. The number of nitrogens with zero attached hydrogens (tertiary/aromatic N) is 1. The number of hydrogen-bond acceptors (Lipinski definition) is 2. The van der Waals surface area contributed by atoms with Crippen molar-refractivity contribution in [3.8, 4) is 6.07 Å². The van der Waals surface area contributed by atoms with Crippen molar-refractivity contribution in [2.75, 3.05) is 0 Å². The monoisotopic (exact) mass is 168 g/mol. The predicted octanol–water partition coefficient (Wildman–Crippen LogP) is 1.45. The van der Waals surface area contributed by atoms with Gasteiger partial charge in [0.25, 0.3) is 0 Å². The molecule has 0 aliphatic carbocycles. The van der Waals surface area contributed by atoms with Crippen LogP contribution in [0.4, 0.5) is 0 Å². The van der Waals surface area contributed by atoms with Crippen LogP contribution in [0.3, 0.4) is 0 Å². The molecule has 0 radical (unpaired) electrons. The molecule has 12 heavy (non-hydrogen) atoms. The van der Waals surface area contributed by atoms with Crippen molar-refractivity contribution in [1.29, 1.82) is 5.26 Å². The minimum atomic E-state index is -0.707. The molecule has 3 heteroatoms. The second kappa shape index (κ2) is 4.10. The molecule has 0 spiro atoms. The predicted molar refractivity (Wildman–Crippen MR) is 47.3 cm³/mol. The van der Waals surface area contributed by atoms with Crippen LogP contribution in [-0.4, -0.2) is 11.4 Å². The van der Waals surface area contributed by atoms with E-state index in [1.165, 1.54) is 0 Å². The van der Waals surface area contributed by atoms with Crippen LogP contribution in [0.1, 0.15) is 34.1 Å². The standard InChI is InChI=1S/C9H16N2O/c1-5-9(4,6-10)11-8(12)7(2)3/h7H,5H2,1-4H3,(H,11,12). The van der Waals surface area contributed by atoms with E-state index in [2.05, 4.69) is 11.4 Å². The average Bonchev–Trinajstić information content (AvgIpc) is 2.04. The van der Waals surface area contributed by atoms with Gasteiger partial charge < -0.3 is 5.32 Å². The van der Waals surface area contributed by atoms with Crippen LogP contribution >= 0.6 is 0 Å². The zero-order chi connectivity index (χ0) is 9.78. The average molecular weight is 168 g/mol. The Hall–Kier alpha value is -1.04. The van der Waals surface area contributed by atoms with Gasteiger partial charge in [0, 0.05) is 5.92 Å². The van der Waals surface area contributed by atoms with Crippen molar-refractivity contribution in [2.45, 2.75) is 39.7 Å². The van der Waals surface area contributed by atoms with Crippen molar-refractivity contribution in [1.82, 2.24) is 5.32 Å². The number of nitriles is 1. The molecule has 1 atom stereocenters. The molecule has 0 aromatic rings. The molecule has 0 aliphatic rings. The van der Waals surface area contributed by atoms with Gasteiger partial charge in [0.2, 0.25) is 5.91 Å². The fraction of sp³-hybridized carbons (Fsp3) is 0.778. The molecule has 1 unspecified atom stereocenters. The van der Waals surface area contributed by atoms with E-state index in [4.69, 9.17) is 5.26 Å². The molecule has 0 aromatic heterocycles. The van der Waals surface area contributed by atoms with Crippen LogP contribution in [0.15, 0.2) is 0 Å². The Kier molecular flexibility index (Phi) is 3.75. The highest BCUT2D eigenvalue weighted by Crippen LogP contribution is 2.08. The maximum absolute atomic E-state index is 11.2. The van der Waals surface area contributed by atoms with Gasteiger partial charge in [0.05, 0.1) is 6.07 Å². The third-order valence-electron chi connectivity index (χ3n) is 1.88. The van der Waals surface area contributed by atoms with Gasteiger partial charge in [-0.2, -0.15) is 5.26 Å². The number of amides is 1. The van der Waals surface area contributed by atoms with Crippen LogP contribution < -0.4 is 5.32 Å². The molecule has 1 N–H and O–H groups in total. The van der Waals surface area contributed by atoms with Crippen LogP contribution in [0.5, 0.6) is 0 Å². The van der Waals surface area contributed by atoms with Gasteiger partial charge in [-0.25, -0.2) is 0 Å². The second-order valence-corrected chi connectivity index (χ2v) is 3.44. The van der Waals surface area contributed by atoms with Crippen molar-refractivity contribution in [3.63, 3.8) is 0 Å². The van der Waals surface area contributed by atoms with E-state index in [1.807, 2.05) is 20.8 Å². The molecule has 0 aromatic carbocycles. The number of rotatable bonds is 3. The topological polar surface area (TPSA) is 52.9 Å². The largest absolute Gasteiger partial charge is 0.338 e. The summed E-state index contributed by atoms with van der Waals surface area (Å²) in [6.45, 7) is 7.22. The van der Waals surface area contributed by atoms with E-state index >= 15 is 0 Å². The highest BCUT2D eigenvalue weighted by Gasteiger charge is 2.24. The first-order chi connectivity index (χ1) is 5.45. The zero-order valence-electron chi connectivity index (χ0n) is 8.14. The first-order valence-corrected chi connectivity index (χ1v) is 4.18. The van der Waals surface area contributed by atoms with Gasteiger partial charge in [-0.15, -0.1) is 0 Å². The van der Waals surface area contributed by atoms with Crippen molar-refractivity contribution < 1.29 is 4.79 Å². The van der Waals surface area contributed by atoms with Crippen LogP contribution in [-0.2, 0) is 4.79 Å². The first kappa shape index (κ1) is 11.0. The highest BCUT2D eigenvalue weighted by atomic mass is 16.2. The van der Waals surface area contributed by atoms with Gasteiger partial charge >= 0.3 is 0 Å². The fourth-order valence-corrected chi connectivity index (χ4v) is 0.612. The number of carbonyl (C=O) groups excluding carboxylic acids is 1. The lowest BCUT2D eigenvalue weighted by Crippen LogP contribution is -2.45. The summed E-state index contributed by atoms with van der Waals surface area (Å²) in [5, 5.41) is 11.4. The maximum Gasteiger partial charge on any atom is 0.223 e. The van der Waals surface area contributed by atoms with Crippen molar-refractivity contribution >= 4 is 5.91 Å². The lowest BCUT2D eigenvalue weighted by Gasteiger charge is -2.22. The Morgan fingerprint density at radius 2 is 2.17 bits per heavy atom. The lowest BCUT2D eigenvalue weighted by atomic mass is 10.00. The van der Waals surface area contributed by atoms with Gasteiger partial charge in [-0.3, -0.25) is 4.79 Å². The molecule has 0 fully saturated rings. The van der Waals surface area contributed by atoms with E-state index in [0.29, 0.717) is 6.42 Å². The summed E-state index contributed by atoms with van der Waals surface area (Å²) < 4.78 is 0. The summed E-state index contributed by atoms with van der Waals surface area (Å²) in [5.74, 6) is -0.134. The fourth-order valence-electron chi connectivity index (χ4n) is 0.612. The summed E-state index contributed by atoms with van der Waals surface area (Å²) in [5.41, 5.74) is -0.707. The summed E-state index contributed by atoms with van der Waals surface area (Å²) in [7, 11) is 0. The summed E-state index contributed by atoms with van der Waals surface area (Å²) >= 11 is 0. The first-order valence-electron chi connectivity index (χ1n) is 4.18. The SMILES string of the molecule is CCC(C)(C#N)NC(=O)C(C)C. The number of hydrogen-bond donors (Lipinski definition) is 1. The minimum absolute atomic E-state index is 0.0655. The van der Waals surface area contributed by atoms with E-state index in [0.717, 1.165) is 0 Å². The van der Waals surface area contributed by atoms with Gasteiger partial charge in [-0.05, 0) is 13.3 Å². The van der Waals surface area contributed by atoms with Gasteiger partial charge in [-0.1, -0.05) is 20.8 Å². The van der Waals surface area contributed by atoms with Crippen LogP contribution in [0, 0.1) is 17.2 Å². The minimum Gasteiger partial charge on any atom is -0.338 e. The molecule has 0 bridgehead atoms. The Morgan fingerprint density at radius 1 is 1.67 bits per heavy atom. The van der Waals surface area contributed by atoms with Gasteiger partial charge in [0.1, 0.15) is 5.54 Å². The summed E-state index contributed by atoms with van der Waals surface area (Å²) in [6.07, 6.45) is 0.627. The Bertz CT molecular complexity index is 205. The van der Waals surface area contributed by atoms with Crippen molar-refractivity contribution in [2.24, 2.45) is 5.92 Å². The summed E-state index contributed by atoms with van der Waals surface area (Å²) in [4.78, 5) is 11.2. The summed E-state index contributed by atoms with van der Waals surface area (Å²) in [6, 6.07) is 2.08. The molecular weight excluding hydrogens is 152 g/mol. The van der Waals surface area contributed by atoms with Crippen LogP contribution in [0.25, 0.3) is 0 Å². The molecule has 0 saturated heterocycles. The third kappa shape index (κ3) is 2.91. The van der Waals surface area contributed by atoms with Crippen LogP contribution in [0.2, 0.25) is 0 Å². The Labute approximate surface area is 73.8 Å². The number of nitrogens with one attached hydrogen (secondary N) is 1. The van der Waals surface area contributed by atoms with E-state index in [1.54, 1.807) is 6.92 Å². The molecule has 68 valence electrons. The molecule has 0 saturated carbocycles. The quantitative estimate of drug-likeness (QED) is 0.693. The molecule has 1 amide bonds. The van der Waals surface area contributed by atoms with Gasteiger partial charge in [0.15, 0.2) is 0 Å². The lowest BCUT2D eigenvalue weighted by molar-refractivity contribution is -0.125. The molecule has 0 heterocycles. The normalized spacial score (nSPS) is 15.0. The molecular formula is C9H16N2O. The number of carbonyl (C=O) groups is 1. The second-order valence-electron chi connectivity index (χ2n) is 3.44. The molecule has 0 rings (SSSR count). The smallest absolute Gasteiger partial charge is 0.223 e.